The molecule has 3 nitrogen and oxygen atoms in total. The fourth-order valence-electron chi connectivity index (χ4n) is 1.94. The van der Waals surface area contributed by atoms with E-state index in [1.165, 1.54) is 6.07 Å². The lowest BCUT2D eigenvalue weighted by atomic mass is 9.96. The monoisotopic (exact) mass is 243 g/mol. The fraction of sp³-hybridized carbons (Fsp3) is 0.455. The third-order valence-electron chi connectivity index (χ3n) is 3.18. The first kappa shape index (κ1) is 11.5. The molecule has 2 N–H and O–H groups in total. The van der Waals surface area contributed by atoms with Gasteiger partial charge in [0.25, 0.3) is 0 Å². The average molecular weight is 243 g/mol. The summed E-state index contributed by atoms with van der Waals surface area (Å²) >= 11 is 0. The molecular formula is C11H14FNO2S. The lowest BCUT2D eigenvalue weighted by Gasteiger charge is -2.15. The van der Waals surface area contributed by atoms with Crippen molar-refractivity contribution in [2.45, 2.75) is 23.2 Å². The average Bonchev–Trinajstić information content (AvgIpc) is 2.97. The van der Waals surface area contributed by atoms with Crippen molar-refractivity contribution in [3.63, 3.8) is 0 Å². The predicted molar refractivity (Wildman–Crippen MR) is 59.5 cm³/mol. The Bertz CT molecular complexity index is 521. The molecule has 5 heteroatoms. The Kier molecular flexibility index (Phi) is 2.55. The molecule has 0 bridgehead atoms. The van der Waals surface area contributed by atoms with Crippen LogP contribution >= 0.6 is 0 Å². The highest BCUT2D eigenvalue weighted by atomic mass is 32.2. The molecule has 1 aliphatic carbocycles. The third kappa shape index (κ3) is 1.74. The highest BCUT2D eigenvalue weighted by Crippen LogP contribution is 2.48. The van der Waals surface area contributed by atoms with Gasteiger partial charge in [0.2, 0.25) is 0 Å². The number of hydrogen-bond acceptors (Lipinski definition) is 3. The molecule has 2 rings (SSSR count). The summed E-state index contributed by atoms with van der Waals surface area (Å²) in [5, 5.41) is 0. The van der Waals surface area contributed by atoms with Gasteiger partial charge in [0.1, 0.15) is 10.7 Å². The lowest BCUT2D eigenvalue weighted by molar-refractivity contribution is 0.539. The Balaban J connectivity index is 2.58. The zero-order chi connectivity index (χ0) is 12.0. The maximum absolute atomic E-state index is 14.1. The number of sulfone groups is 1. The Hall–Kier alpha value is -0.940. The molecule has 0 aliphatic heterocycles. The number of rotatable bonds is 3. The van der Waals surface area contributed by atoms with Crippen LogP contribution in [0.2, 0.25) is 0 Å². The molecule has 88 valence electrons. The van der Waals surface area contributed by atoms with E-state index in [1.54, 1.807) is 12.1 Å². The molecule has 0 spiro atoms. The van der Waals surface area contributed by atoms with E-state index < -0.39 is 15.7 Å². The highest BCUT2D eigenvalue weighted by Gasteiger charge is 2.45. The van der Waals surface area contributed by atoms with Gasteiger partial charge >= 0.3 is 0 Å². The van der Waals surface area contributed by atoms with Gasteiger partial charge in [0.05, 0.1) is 0 Å². The second-order valence-corrected chi connectivity index (χ2v) is 6.36. The minimum Gasteiger partial charge on any atom is -0.330 e. The number of nitrogens with two attached hydrogens (primary N) is 1. The standard InChI is InChI=1S/C11H14FNO2S/c1-16(14,15)9-4-2-3-8(10(9)12)11(7-13)5-6-11/h2-4H,5-7,13H2,1H3. The zero-order valence-corrected chi connectivity index (χ0v) is 9.85. The molecule has 0 radical (unpaired) electrons. The van der Waals surface area contributed by atoms with Crippen molar-refractivity contribution in [2.75, 3.05) is 12.8 Å². The summed E-state index contributed by atoms with van der Waals surface area (Å²) < 4.78 is 36.8. The molecular weight excluding hydrogens is 229 g/mol. The summed E-state index contributed by atoms with van der Waals surface area (Å²) in [6.07, 6.45) is 2.67. The van der Waals surface area contributed by atoms with Crippen molar-refractivity contribution in [3.05, 3.63) is 29.6 Å². The maximum Gasteiger partial charge on any atom is 0.178 e. The van der Waals surface area contributed by atoms with Crippen LogP contribution < -0.4 is 5.73 Å². The SMILES string of the molecule is CS(=O)(=O)c1cccc(C2(CN)CC2)c1F. The second-order valence-electron chi connectivity index (χ2n) is 4.37. The summed E-state index contributed by atoms with van der Waals surface area (Å²) in [5.74, 6) is -0.632. The Labute approximate surface area is 94.4 Å². The van der Waals surface area contributed by atoms with E-state index in [4.69, 9.17) is 5.73 Å². The van der Waals surface area contributed by atoms with E-state index in [1.807, 2.05) is 0 Å². The fourth-order valence-corrected chi connectivity index (χ4v) is 2.70. The molecule has 0 amide bonds. The van der Waals surface area contributed by atoms with E-state index >= 15 is 0 Å². The van der Waals surface area contributed by atoms with Crippen LogP contribution in [-0.4, -0.2) is 21.2 Å². The first-order valence-corrected chi connectivity index (χ1v) is 6.99. The predicted octanol–water partition coefficient (Wildman–Crippen LogP) is 1.22. The van der Waals surface area contributed by atoms with Gasteiger partial charge in [-0.1, -0.05) is 12.1 Å². The molecule has 0 saturated heterocycles. The van der Waals surface area contributed by atoms with E-state index in [2.05, 4.69) is 0 Å². The summed E-state index contributed by atoms with van der Waals surface area (Å²) in [7, 11) is -3.51. The topological polar surface area (TPSA) is 60.2 Å². The van der Waals surface area contributed by atoms with Gasteiger partial charge in [-0.15, -0.1) is 0 Å². The number of halogens is 1. The largest absolute Gasteiger partial charge is 0.330 e. The van der Waals surface area contributed by atoms with Gasteiger partial charge in [-0.05, 0) is 24.5 Å². The van der Waals surface area contributed by atoms with Gasteiger partial charge in [-0.2, -0.15) is 0 Å². The van der Waals surface area contributed by atoms with Crippen LogP contribution in [0, 0.1) is 5.82 Å². The Morgan fingerprint density at radius 2 is 2.06 bits per heavy atom. The van der Waals surface area contributed by atoms with Crippen molar-refractivity contribution >= 4 is 9.84 Å². The molecule has 1 aliphatic rings. The molecule has 0 aromatic heterocycles. The molecule has 0 unspecified atom stereocenters. The summed E-state index contributed by atoms with van der Waals surface area (Å²) in [6, 6.07) is 4.50. The van der Waals surface area contributed by atoms with Crippen LogP contribution in [0.5, 0.6) is 0 Å². The minimum absolute atomic E-state index is 0.232. The van der Waals surface area contributed by atoms with Crippen molar-refractivity contribution in [3.8, 4) is 0 Å². The van der Waals surface area contributed by atoms with Crippen LogP contribution in [0.1, 0.15) is 18.4 Å². The van der Waals surface area contributed by atoms with Crippen molar-refractivity contribution in [1.29, 1.82) is 0 Å². The summed E-state index contributed by atoms with van der Waals surface area (Å²) in [4.78, 5) is -0.232. The molecule has 1 saturated carbocycles. The Morgan fingerprint density at radius 3 is 2.50 bits per heavy atom. The van der Waals surface area contributed by atoms with Crippen LogP contribution in [0.15, 0.2) is 23.1 Å². The van der Waals surface area contributed by atoms with Crippen LogP contribution in [0.25, 0.3) is 0 Å². The van der Waals surface area contributed by atoms with Gasteiger partial charge in [-0.3, -0.25) is 0 Å². The van der Waals surface area contributed by atoms with E-state index in [-0.39, 0.29) is 10.3 Å². The maximum atomic E-state index is 14.1. The lowest BCUT2D eigenvalue weighted by Crippen LogP contribution is -2.22. The minimum atomic E-state index is -3.51. The summed E-state index contributed by atoms with van der Waals surface area (Å²) in [6.45, 7) is 0.358. The van der Waals surface area contributed by atoms with Crippen molar-refractivity contribution in [1.82, 2.24) is 0 Å². The van der Waals surface area contributed by atoms with Crippen LogP contribution in [0.3, 0.4) is 0 Å². The van der Waals surface area contributed by atoms with Gasteiger partial charge in [-0.25, -0.2) is 12.8 Å². The smallest absolute Gasteiger partial charge is 0.178 e. The molecule has 1 aromatic rings. The summed E-state index contributed by atoms with van der Waals surface area (Å²) in [5.41, 5.74) is 5.73. The zero-order valence-electron chi connectivity index (χ0n) is 9.03. The highest BCUT2D eigenvalue weighted by molar-refractivity contribution is 7.90. The molecule has 16 heavy (non-hydrogen) atoms. The number of benzene rings is 1. The van der Waals surface area contributed by atoms with Gasteiger partial charge < -0.3 is 5.73 Å². The molecule has 0 heterocycles. The van der Waals surface area contributed by atoms with E-state index in [0.717, 1.165) is 19.1 Å². The number of hydrogen-bond donors (Lipinski definition) is 1. The normalized spacial score (nSPS) is 18.4. The van der Waals surface area contributed by atoms with Crippen LogP contribution in [0.4, 0.5) is 4.39 Å². The van der Waals surface area contributed by atoms with E-state index in [0.29, 0.717) is 12.1 Å². The van der Waals surface area contributed by atoms with Crippen molar-refractivity contribution < 1.29 is 12.8 Å². The quantitative estimate of drug-likeness (QED) is 0.868. The van der Waals surface area contributed by atoms with E-state index in [9.17, 15) is 12.8 Å². The Morgan fingerprint density at radius 1 is 1.44 bits per heavy atom. The first-order chi connectivity index (χ1) is 7.41. The molecule has 0 atom stereocenters. The second kappa shape index (κ2) is 3.53. The first-order valence-electron chi connectivity index (χ1n) is 5.10. The van der Waals surface area contributed by atoms with Crippen LogP contribution in [-0.2, 0) is 15.3 Å². The molecule has 1 fully saturated rings. The molecule has 1 aromatic carbocycles. The van der Waals surface area contributed by atoms with Crippen molar-refractivity contribution in [2.24, 2.45) is 5.73 Å². The van der Waals surface area contributed by atoms with Gasteiger partial charge in [0.15, 0.2) is 9.84 Å². The van der Waals surface area contributed by atoms with Gasteiger partial charge in [0, 0.05) is 18.2 Å². The third-order valence-corrected chi connectivity index (χ3v) is 4.29.